The van der Waals surface area contributed by atoms with E-state index in [2.05, 4.69) is 37.9 Å². The van der Waals surface area contributed by atoms with E-state index in [0.717, 1.165) is 24.5 Å². The van der Waals surface area contributed by atoms with Crippen LogP contribution in [0.25, 0.3) is 0 Å². The first kappa shape index (κ1) is 14.0. The molecule has 1 saturated heterocycles. The summed E-state index contributed by atoms with van der Waals surface area (Å²) in [6, 6.07) is 1.59. The zero-order valence-electron chi connectivity index (χ0n) is 11.6. The first-order valence-electron chi connectivity index (χ1n) is 7.17. The number of likely N-dealkylation sites (tertiary alicyclic amines) is 1. The zero-order valence-corrected chi connectivity index (χ0v) is 11.6. The predicted octanol–water partition coefficient (Wildman–Crippen LogP) is 2.89. The van der Waals surface area contributed by atoms with Crippen LogP contribution in [0.15, 0.2) is 0 Å². The average Bonchev–Trinajstić information content (AvgIpc) is 2.73. The lowest BCUT2D eigenvalue weighted by molar-refractivity contribution is 0.136. The number of likely N-dealkylation sites (N-methyl/N-ethyl adjacent to an activating group) is 1. The molecule has 1 fully saturated rings. The lowest BCUT2D eigenvalue weighted by atomic mass is 9.99. The van der Waals surface area contributed by atoms with Crippen LogP contribution in [0.3, 0.4) is 0 Å². The fourth-order valence-corrected chi connectivity index (χ4v) is 3.01. The number of rotatable bonds is 7. The number of nitrogens with one attached hydrogen (secondary N) is 1. The van der Waals surface area contributed by atoms with Gasteiger partial charge in [0, 0.05) is 18.6 Å². The minimum Gasteiger partial charge on any atom is -0.315 e. The third-order valence-electron chi connectivity index (χ3n) is 3.83. The maximum atomic E-state index is 3.53. The van der Waals surface area contributed by atoms with Crippen molar-refractivity contribution in [3.63, 3.8) is 0 Å². The highest BCUT2D eigenvalue weighted by atomic mass is 15.2. The molecular weight excluding hydrogens is 196 g/mol. The van der Waals surface area contributed by atoms with Crippen molar-refractivity contribution in [1.82, 2.24) is 10.2 Å². The third kappa shape index (κ3) is 3.74. The van der Waals surface area contributed by atoms with Gasteiger partial charge in [0.25, 0.3) is 0 Å². The number of nitrogens with zero attached hydrogens (tertiary/aromatic N) is 1. The van der Waals surface area contributed by atoms with Crippen LogP contribution >= 0.6 is 0 Å². The molecule has 0 aromatic rings. The molecule has 2 atom stereocenters. The molecule has 96 valence electrons. The molecule has 16 heavy (non-hydrogen) atoms. The normalized spacial score (nSPS) is 24.2. The van der Waals surface area contributed by atoms with Gasteiger partial charge in [0.05, 0.1) is 0 Å². The predicted molar refractivity (Wildman–Crippen MR) is 71.8 cm³/mol. The van der Waals surface area contributed by atoms with E-state index in [4.69, 9.17) is 0 Å². The molecule has 2 heteroatoms. The first-order chi connectivity index (χ1) is 7.70. The van der Waals surface area contributed by atoms with E-state index >= 15 is 0 Å². The molecule has 0 aromatic heterocycles. The highest BCUT2D eigenvalue weighted by Crippen LogP contribution is 2.27. The zero-order chi connectivity index (χ0) is 12.0. The lowest BCUT2D eigenvalue weighted by Crippen LogP contribution is -2.46. The van der Waals surface area contributed by atoms with Gasteiger partial charge >= 0.3 is 0 Å². The summed E-state index contributed by atoms with van der Waals surface area (Å²) in [7, 11) is 0. The Morgan fingerprint density at radius 1 is 1.31 bits per heavy atom. The molecule has 0 amide bonds. The Kier molecular flexibility index (Phi) is 6.37. The minimum absolute atomic E-state index is 0.764. The largest absolute Gasteiger partial charge is 0.315 e. The van der Waals surface area contributed by atoms with Crippen molar-refractivity contribution >= 4 is 0 Å². The summed E-state index contributed by atoms with van der Waals surface area (Å²) in [5.41, 5.74) is 0. The van der Waals surface area contributed by atoms with Gasteiger partial charge in [0.15, 0.2) is 0 Å². The molecule has 0 radical (unpaired) electrons. The smallest absolute Gasteiger partial charge is 0.0223 e. The van der Waals surface area contributed by atoms with Gasteiger partial charge in [0.2, 0.25) is 0 Å². The van der Waals surface area contributed by atoms with Crippen LogP contribution in [-0.4, -0.2) is 36.6 Å². The SMILES string of the molecule is CCCC(CNCC)N1CCCC1C(C)C. The highest BCUT2D eigenvalue weighted by Gasteiger charge is 2.31. The van der Waals surface area contributed by atoms with Gasteiger partial charge in [-0.2, -0.15) is 0 Å². The van der Waals surface area contributed by atoms with E-state index in [-0.39, 0.29) is 0 Å². The molecule has 2 nitrogen and oxygen atoms in total. The molecule has 1 rings (SSSR count). The van der Waals surface area contributed by atoms with Gasteiger partial charge in [-0.1, -0.05) is 34.1 Å². The van der Waals surface area contributed by atoms with Crippen LogP contribution in [-0.2, 0) is 0 Å². The van der Waals surface area contributed by atoms with Crippen molar-refractivity contribution in [1.29, 1.82) is 0 Å². The molecule has 0 aliphatic carbocycles. The fourth-order valence-electron chi connectivity index (χ4n) is 3.01. The van der Waals surface area contributed by atoms with Crippen molar-refractivity contribution < 1.29 is 0 Å². The van der Waals surface area contributed by atoms with Crippen molar-refractivity contribution in [3.8, 4) is 0 Å². The Labute approximate surface area is 102 Å². The molecular formula is C14H30N2. The summed E-state index contributed by atoms with van der Waals surface area (Å²) in [6.07, 6.45) is 5.45. The lowest BCUT2D eigenvalue weighted by Gasteiger charge is -2.35. The van der Waals surface area contributed by atoms with Gasteiger partial charge in [-0.25, -0.2) is 0 Å². The van der Waals surface area contributed by atoms with Gasteiger partial charge < -0.3 is 5.32 Å². The summed E-state index contributed by atoms with van der Waals surface area (Å²) in [4.78, 5) is 2.77. The van der Waals surface area contributed by atoms with Crippen LogP contribution in [0, 0.1) is 5.92 Å². The topological polar surface area (TPSA) is 15.3 Å². The Hall–Kier alpha value is -0.0800. The van der Waals surface area contributed by atoms with E-state index in [9.17, 15) is 0 Å². The molecule has 0 spiro atoms. The second-order valence-electron chi connectivity index (χ2n) is 5.44. The molecule has 0 bridgehead atoms. The molecule has 1 aliphatic rings. The summed E-state index contributed by atoms with van der Waals surface area (Å²) in [5.74, 6) is 0.809. The van der Waals surface area contributed by atoms with Crippen LogP contribution in [0.2, 0.25) is 0 Å². The fraction of sp³-hybridized carbons (Fsp3) is 1.00. The highest BCUT2D eigenvalue weighted by molar-refractivity contribution is 4.87. The second kappa shape index (κ2) is 7.29. The van der Waals surface area contributed by atoms with Crippen molar-refractivity contribution in [2.75, 3.05) is 19.6 Å². The Balaban J connectivity index is 2.53. The van der Waals surface area contributed by atoms with Crippen LogP contribution in [0.5, 0.6) is 0 Å². The maximum absolute atomic E-state index is 3.53. The first-order valence-corrected chi connectivity index (χ1v) is 7.17. The molecule has 2 unspecified atom stereocenters. The van der Waals surface area contributed by atoms with E-state index in [1.165, 1.54) is 38.8 Å². The van der Waals surface area contributed by atoms with Crippen molar-refractivity contribution in [2.45, 2.75) is 65.5 Å². The second-order valence-corrected chi connectivity index (χ2v) is 5.44. The van der Waals surface area contributed by atoms with Crippen LogP contribution < -0.4 is 5.32 Å². The van der Waals surface area contributed by atoms with Crippen LogP contribution in [0.1, 0.15) is 53.4 Å². The molecule has 0 saturated carbocycles. The monoisotopic (exact) mass is 226 g/mol. The van der Waals surface area contributed by atoms with E-state index in [1.54, 1.807) is 0 Å². The van der Waals surface area contributed by atoms with Crippen LogP contribution in [0.4, 0.5) is 0 Å². The van der Waals surface area contributed by atoms with Gasteiger partial charge in [-0.15, -0.1) is 0 Å². The summed E-state index contributed by atoms with van der Waals surface area (Å²) in [6.45, 7) is 12.8. The number of hydrogen-bond acceptors (Lipinski definition) is 2. The maximum Gasteiger partial charge on any atom is 0.0223 e. The third-order valence-corrected chi connectivity index (χ3v) is 3.83. The van der Waals surface area contributed by atoms with Crippen molar-refractivity contribution in [2.24, 2.45) is 5.92 Å². The van der Waals surface area contributed by atoms with E-state index in [0.29, 0.717) is 0 Å². The Morgan fingerprint density at radius 2 is 2.06 bits per heavy atom. The van der Waals surface area contributed by atoms with Gasteiger partial charge in [0.1, 0.15) is 0 Å². The minimum atomic E-state index is 0.764. The molecule has 0 aromatic carbocycles. The Morgan fingerprint density at radius 3 is 2.62 bits per heavy atom. The van der Waals surface area contributed by atoms with E-state index in [1.807, 2.05) is 0 Å². The van der Waals surface area contributed by atoms with Gasteiger partial charge in [-0.05, 0) is 38.3 Å². The average molecular weight is 226 g/mol. The quantitative estimate of drug-likeness (QED) is 0.718. The molecule has 1 aliphatic heterocycles. The summed E-state index contributed by atoms with van der Waals surface area (Å²) < 4.78 is 0. The standard InChI is InChI=1S/C14H30N2/c1-5-8-13(11-15-6-2)16-10-7-9-14(16)12(3)4/h12-15H,5-11H2,1-4H3. The van der Waals surface area contributed by atoms with Gasteiger partial charge in [-0.3, -0.25) is 4.90 Å². The molecule has 1 heterocycles. The summed E-state index contributed by atoms with van der Waals surface area (Å²) >= 11 is 0. The Bertz CT molecular complexity index is 180. The summed E-state index contributed by atoms with van der Waals surface area (Å²) in [5, 5.41) is 3.53. The van der Waals surface area contributed by atoms with Crippen molar-refractivity contribution in [3.05, 3.63) is 0 Å². The van der Waals surface area contributed by atoms with E-state index < -0.39 is 0 Å². The molecule has 1 N–H and O–H groups in total. The number of hydrogen-bond donors (Lipinski definition) is 1.